The topological polar surface area (TPSA) is 60.9 Å². The Balaban J connectivity index is 2.09. The van der Waals surface area contributed by atoms with Crippen molar-refractivity contribution in [1.29, 1.82) is 0 Å². The summed E-state index contributed by atoms with van der Waals surface area (Å²) in [6, 6.07) is 1.43. The zero-order valence-electron chi connectivity index (χ0n) is 11.4. The highest BCUT2D eigenvalue weighted by atomic mass is 16.1. The Hall–Kier alpha value is -1.32. The zero-order valence-corrected chi connectivity index (χ0v) is 11.4. The molecule has 1 rings (SSSR count). The maximum absolute atomic E-state index is 11.5. The van der Waals surface area contributed by atoms with Crippen molar-refractivity contribution in [2.24, 2.45) is 0 Å². The molecular weight excluding hydrogens is 226 g/mol. The van der Waals surface area contributed by atoms with Crippen molar-refractivity contribution in [3.05, 3.63) is 22.6 Å². The lowest BCUT2D eigenvalue weighted by Gasteiger charge is -2.04. The predicted molar refractivity (Wildman–Crippen MR) is 75.5 cm³/mol. The number of hydrogen-bond acceptors (Lipinski definition) is 3. The summed E-state index contributed by atoms with van der Waals surface area (Å²) in [6.45, 7) is 2.94. The van der Waals surface area contributed by atoms with Gasteiger partial charge in [-0.25, -0.2) is 4.68 Å². The molecule has 2 N–H and O–H groups in total. The van der Waals surface area contributed by atoms with Gasteiger partial charge in [0, 0.05) is 12.6 Å². The molecule has 4 nitrogen and oxygen atoms in total. The third-order valence-corrected chi connectivity index (χ3v) is 3.11. The van der Waals surface area contributed by atoms with Crippen molar-refractivity contribution >= 4 is 5.69 Å². The third-order valence-electron chi connectivity index (χ3n) is 3.11. The molecule has 1 heterocycles. The van der Waals surface area contributed by atoms with Crippen molar-refractivity contribution in [2.45, 2.75) is 64.8 Å². The Kier molecular flexibility index (Phi) is 7.14. The summed E-state index contributed by atoms with van der Waals surface area (Å²) < 4.78 is 1.49. The molecule has 0 fully saturated rings. The van der Waals surface area contributed by atoms with Gasteiger partial charge < -0.3 is 5.73 Å². The lowest BCUT2D eigenvalue weighted by atomic mass is 10.1. The van der Waals surface area contributed by atoms with Crippen LogP contribution in [-0.2, 0) is 6.54 Å². The summed E-state index contributed by atoms with van der Waals surface area (Å²) in [5, 5.41) is 4.02. The molecule has 0 radical (unpaired) electrons. The van der Waals surface area contributed by atoms with Crippen LogP contribution in [0.25, 0.3) is 0 Å². The average molecular weight is 251 g/mol. The second-order valence-electron chi connectivity index (χ2n) is 4.83. The van der Waals surface area contributed by atoms with E-state index in [9.17, 15) is 4.79 Å². The minimum Gasteiger partial charge on any atom is -0.397 e. The van der Waals surface area contributed by atoms with Gasteiger partial charge in [-0.15, -0.1) is 0 Å². The minimum atomic E-state index is -0.0991. The standard InChI is InChI=1S/C14H25N3O/c1-2-3-4-5-6-7-8-9-10-17-14(18)11-13(15)12-16-17/h11-12H,2-10,15H2,1H3. The van der Waals surface area contributed by atoms with Crippen molar-refractivity contribution in [3.8, 4) is 0 Å². The Morgan fingerprint density at radius 3 is 2.33 bits per heavy atom. The molecule has 0 spiro atoms. The van der Waals surface area contributed by atoms with Crippen molar-refractivity contribution in [1.82, 2.24) is 9.78 Å². The van der Waals surface area contributed by atoms with E-state index in [1.165, 1.54) is 61.9 Å². The van der Waals surface area contributed by atoms with Gasteiger partial charge in [-0.05, 0) is 6.42 Å². The fourth-order valence-electron chi connectivity index (χ4n) is 2.01. The molecule has 4 heteroatoms. The molecule has 0 aromatic carbocycles. The van der Waals surface area contributed by atoms with E-state index in [-0.39, 0.29) is 5.56 Å². The Morgan fingerprint density at radius 1 is 1.11 bits per heavy atom. The summed E-state index contributed by atoms with van der Waals surface area (Å²) in [7, 11) is 0. The number of unbranched alkanes of at least 4 members (excludes halogenated alkanes) is 7. The maximum Gasteiger partial charge on any atom is 0.268 e. The van der Waals surface area contributed by atoms with E-state index in [0.717, 1.165) is 6.42 Å². The molecule has 102 valence electrons. The number of nitrogen functional groups attached to an aromatic ring is 1. The van der Waals surface area contributed by atoms with Crippen LogP contribution >= 0.6 is 0 Å². The van der Waals surface area contributed by atoms with Crippen LogP contribution in [0, 0.1) is 0 Å². The van der Waals surface area contributed by atoms with Gasteiger partial charge >= 0.3 is 0 Å². The van der Waals surface area contributed by atoms with E-state index in [1.807, 2.05) is 0 Å². The molecule has 0 saturated carbocycles. The quantitative estimate of drug-likeness (QED) is 0.686. The first-order valence-electron chi connectivity index (χ1n) is 7.06. The fourth-order valence-corrected chi connectivity index (χ4v) is 2.01. The molecule has 0 aliphatic carbocycles. The lowest BCUT2D eigenvalue weighted by Crippen LogP contribution is -2.22. The van der Waals surface area contributed by atoms with Crippen LogP contribution in [0.2, 0.25) is 0 Å². The van der Waals surface area contributed by atoms with Crippen molar-refractivity contribution < 1.29 is 0 Å². The van der Waals surface area contributed by atoms with Gasteiger partial charge in [-0.1, -0.05) is 51.9 Å². The number of nitrogens with two attached hydrogens (primary N) is 1. The molecule has 0 atom stereocenters. The maximum atomic E-state index is 11.5. The number of anilines is 1. The minimum absolute atomic E-state index is 0.0991. The molecule has 0 amide bonds. The average Bonchev–Trinajstić information content (AvgIpc) is 2.35. The second kappa shape index (κ2) is 8.72. The highest BCUT2D eigenvalue weighted by molar-refractivity contribution is 5.31. The summed E-state index contributed by atoms with van der Waals surface area (Å²) in [5.74, 6) is 0. The lowest BCUT2D eigenvalue weighted by molar-refractivity contribution is 0.504. The first-order valence-corrected chi connectivity index (χ1v) is 7.06. The van der Waals surface area contributed by atoms with E-state index in [2.05, 4.69) is 12.0 Å². The van der Waals surface area contributed by atoms with Gasteiger partial charge in [0.05, 0.1) is 11.9 Å². The Labute approximate surface area is 109 Å². The number of aromatic nitrogens is 2. The second-order valence-corrected chi connectivity index (χ2v) is 4.83. The molecule has 0 aliphatic rings. The van der Waals surface area contributed by atoms with E-state index >= 15 is 0 Å². The van der Waals surface area contributed by atoms with Crippen molar-refractivity contribution in [2.75, 3.05) is 5.73 Å². The summed E-state index contributed by atoms with van der Waals surface area (Å²) in [6.07, 6.45) is 11.6. The molecule has 0 unspecified atom stereocenters. The van der Waals surface area contributed by atoms with Gasteiger partial charge in [0.15, 0.2) is 0 Å². The first kappa shape index (κ1) is 14.7. The van der Waals surface area contributed by atoms with Crippen LogP contribution in [-0.4, -0.2) is 9.78 Å². The smallest absolute Gasteiger partial charge is 0.268 e. The predicted octanol–water partition coefficient (Wildman–Crippen LogP) is 2.97. The monoisotopic (exact) mass is 251 g/mol. The summed E-state index contributed by atoms with van der Waals surface area (Å²) >= 11 is 0. The van der Waals surface area contributed by atoms with Crippen LogP contribution in [0.1, 0.15) is 58.3 Å². The summed E-state index contributed by atoms with van der Waals surface area (Å²) in [4.78, 5) is 11.5. The summed E-state index contributed by atoms with van der Waals surface area (Å²) in [5.41, 5.74) is 5.82. The van der Waals surface area contributed by atoms with Crippen LogP contribution in [0.5, 0.6) is 0 Å². The van der Waals surface area contributed by atoms with Crippen LogP contribution in [0.3, 0.4) is 0 Å². The van der Waals surface area contributed by atoms with Gasteiger partial charge in [0.1, 0.15) is 0 Å². The zero-order chi connectivity index (χ0) is 13.2. The highest BCUT2D eigenvalue weighted by Crippen LogP contribution is 2.08. The first-order chi connectivity index (χ1) is 8.74. The van der Waals surface area contributed by atoms with Gasteiger partial charge in [0.25, 0.3) is 5.56 Å². The van der Waals surface area contributed by atoms with Gasteiger partial charge in [-0.3, -0.25) is 4.79 Å². The van der Waals surface area contributed by atoms with Gasteiger partial charge in [-0.2, -0.15) is 5.10 Å². The van der Waals surface area contributed by atoms with E-state index < -0.39 is 0 Å². The highest BCUT2D eigenvalue weighted by Gasteiger charge is 1.98. The molecule has 0 aliphatic heterocycles. The Morgan fingerprint density at radius 2 is 1.72 bits per heavy atom. The SMILES string of the molecule is CCCCCCCCCCn1ncc(N)cc1=O. The Bertz CT molecular complexity index is 387. The van der Waals surface area contributed by atoms with Crippen LogP contribution in [0.15, 0.2) is 17.1 Å². The number of hydrogen-bond donors (Lipinski definition) is 1. The molecule has 0 saturated heterocycles. The molecular formula is C14H25N3O. The number of nitrogens with zero attached hydrogens (tertiary/aromatic N) is 2. The number of rotatable bonds is 9. The van der Waals surface area contributed by atoms with E-state index in [0.29, 0.717) is 12.2 Å². The van der Waals surface area contributed by atoms with E-state index in [1.54, 1.807) is 0 Å². The molecule has 18 heavy (non-hydrogen) atoms. The van der Waals surface area contributed by atoms with Crippen LogP contribution < -0.4 is 11.3 Å². The van der Waals surface area contributed by atoms with Gasteiger partial charge in [0.2, 0.25) is 0 Å². The number of aryl methyl sites for hydroxylation is 1. The molecule has 0 bridgehead atoms. The largest absolute Gasteiger partial charge is 0.397 e. The molecule has 1 aromatic rings. The van der Waals surface area contributed by atoms with Crippen LogP contribution in [0.4, 0.5) is 5.69 Å². The van der Waals surface area contributed by atoms with Crippen molar-refractivity contribution in [3.63, 3.8) is 0 Å². The fraction of sp³-hybridized carbons (Fsp3) is 0.714. The normalized spacial score (nSPS) is 10.7. The van der Waals surface area contributed by atoms with E-state index in [4.69, 9.17) is 5.73 Å². The third kappa shape index (κ3) is 5.84. The molecule has 1 aromatic heterocycles.